The van der Waals surface area contributed by atoms with E-state index in [2.05, 4.69) is 50.1 Å². The molecule has 0 aliphatic heterocycles. The van der Waals surface area contributed by atoms with E-state index in [-0.39, 0.29) is 11.1 Å². The average molecular weight is 947 g/mol. The van der Waals surface area contributed by atoms with E-state index in [1.54, 1.807) is 0 Å². The van der Waals surface area contributed by atoms with E-state index in [1.807, 2.05) is 162 Å². The van der Waals surface area contributed by atoms with E-state index >= 15 is 0 Å². The van der Waals surface area contributed by atoms with Crippen LogP contribution in [0.25, 0.3) is 132 Å². The first-order valence-corrected chi connectivity index (χ1v) is 23.8. The maximum atomic E-state index is 15.0. The molecule has 0 saturated carbocycles. The van der Waals surface area contributed by atoms with Crippen LogP contribution in [0.5, 0.6) is 0 Å². The Morgan fingerprint density at radius 1 is 0.342 bits per heavy atom. The lowest BCUT2D eigenvalue weighted by Gasteiger charge is -2.27. The molecule has 15 aromatic rings. The third-order valence-electron chi connectivity index (χ3n) is 14.9. The number of nitrogens with zero attached hydrogens (tertiary/aromatic N) is 6. The summed E-state index contributed by atoms with van der Waals surface area (Å²) in [6.45, 7) is 0. The molecule has 0 fully saturated rings. The largest absolute Gasteiger partial charge is 0.454 e. The van der Waals surface area contributed by atoms with Crippen molar-refractivity contribution in [3.63, 3.8) is 0 Å². The number of furan rings is 1. The molecule has 0 amide bonds. The molecule has 0 unspecified atom stereocenters. The van der Waals surface area contributed by atoms with Gasteiger partial charge in [0, 0.05) is 53.9 Å². The summed E-state index contributed by atoms with van der Waals surface area (Å²) in [6.07, 6.45) is -4.67. The molecule has 10 aromatic carbocycles. The normalized spacial score (nSPS) is 12.3. The second-order valence-electron chi connectivity index (χ2n) is 18.5. The van der Waals surface area contributed by atoms with Gasteiger partial charge in [-0.2, -0.15) is 23.7 Å². The molecule has 15 rings (SSSR count). The first-order chi connectivity index (χ1) is 35.8. The van der Waals surface area contributed by atoms with Crippen molar-refractivity contribution in [2.45, 2.75) is 6.18 Å². The number of nitriles is 2. The van der Waals surface area contributed by atoms with Crippen molar-refractivity contribution in [1.29, 1.82) is 10.5 Å². The third kappa shape index (κ3) is 5.41. The van der Waals surface area contributed by atoms with E-state index < -0.39 is 11.7 Å². The van der Waals surface area contributed by atoms with Gasteiger partial charge >= 0.3 is 6.18 Å². The van der Waals surface area contributed by atoms with Gasteiger partial charge in [0.05, 0.1) is 72.4 Å². The SMILES string of the molecule is N#Cc1c(-n2c3ccccc3c3ccccc32)c(-n2c3ccccc3c3ccccc32)c(C#N)c(-n2c3ccc(C(F)(F)F)cc3c3ccc4c5ccccc5oc4c32)c1-n1c2ccccc2c2ccccc21. The van der Waals surface area contributed by atoms with Gasteiger partial charge in [-0.15, -0.1) is 0 Å². The zero-order chi connectivity index (χ0) is 48.9. The highest BCUT2D eigenvalue weighted by Gasteiger charge is 2.36. The van der Waals surface area contributed by atoms with E-state index in [9.17, 15) is 23.7 Å². The molecular formula is C63H33F3N6O. The van der Waals surface area contributed by atoms with E-state index in [1.165, 1.54) is 12.1 Å². The number of aromatic nitrogens is 4. The van der Waals surface area contributed by atoms with Gasteiger partial charge in [-0.25, -0.2) is 0 Å². The maximum absolute atomic E-state index is 15.0. The molecule has 0 spiro atoms. The Bertz CT molecular complexity index is 4850. The number of benzene rings is 10. The lowest BCUT2D eigenvalue weighted by Crippen LogP contribution is -2.16. The second kappa shape index (κ2) is 14.8. The first-order valence-electron chi connectivity index (χ1n) is 23.8. The second-order valence-corrected chi connectivity index (χ2v) is 18.5. The molecule has 7 nitrogen and oxygen atoms in total. The van der Waals surface area contributed by atoms with E-state index in [0.29, 0.717) is 55.7 Å². The van der Waals surface area contributed by atoms with Crippen LogP contribution in [0.3, 0.4) is 0 Å². The van der Waals surface area contributed by atoms with Gasteiger partial charge < -0.3 is 22.7 Å². The van der Waals surface area contributed by atoms with Gasteiger partial charge in [0.15, 0.2) is 5.58 Å². The van der Waals surface area contributed by atoms with Gasteiger partial charge in [-0.05, 0) is 66.7 Å². The topological polar surface area (TPSA) is 80.4 Å². The van der Waals surface area contributed by atoms with Crippen molar-refractivity contribution in [2.75, 3.05) is 0 Å². The zero-order valence-electron chi connectivity index (χ0n) is 38.3. The summed E-state index contributed by atoms with van der Waals surface area (Å²) >= 11 is 0. The molecule has 342 valence electrons. The van der Waals surface area contributed by atoms with Crippen LogP contribution in [0, 0.1) is 22.7 Å². The number of rotatable bonds is 4. The fraction of sp³-hybridized carbons (Fsp3) is 0.0159. The van der Waals surface area contributed by atoms with Crippen LogP contribution in [0.15, 0.2) is 205 Å². The van der Waals surface area contributed by atoms with Crippen molar-refractivity contribution in [3.05, 3.63) is 217 Å². The summed E-state index contributed by atoms with van der Waals surface area (Å²) in [5.74, 6) is 0. The molecule has 0 N–H and O–H groups in total. The van der Waals surface area contributed by atoms with Gasteiger partial charge in [0.25, 0.3) is 0 Å². The molecule has 5 heterocycles. The average Bonchev–Trinajstić information content (AvgIpc) is 4.23. The van der Waals surface area contributed by atoms with Crippen LogP contribution in [0.2, 0.25) is 0 Å². The molecule has 0 radical (unpaired) electrons. The van der Waals surface area contributed by atoms with Crippen molar-refractivity contribution >= 4 is 109 Å². The highest BCUT2D eigenvalue weighted by Crippen LogP contribution is 2.50. The van der Waals surface area contributed by atoms with Gasteiger partial charge in [-0.1, -0.05) is 133 Å². The zero-order valence-corrected chi connectivity index (χ0v) is 38.3. The molecule has 0 aliphatic rings. The Morgan fingerprint density at radius 3 is 1.08 bits per heavy atom. The van der Waals surface area contributed by atoms with Crippen LogP contribution in [-0.4, -0.2) is 18.3 Å². The number of hydrogen-bond acceptors (Lipinski definition) is 3. The van der Waals surface area contributed by atoms with Crippen molar-refractivity contribution in [3.8, 4) is 34.9 Å². The van der Waals surface area contributed by atoms with Crippen LogP contribution >= 0.6 is 0 Å². The van der Waals surface area contributed by atoms with Crippen LogP contribution in [-0.2, 0) is 6.18 Å². The maximum Gasteiger partial charge on any atom is 0.416 e. The minimum absolute atomic E-state index is 0.172. The highest BCUT2D eigenvalue weighted by molar-refractivity contribution is 6.23. The van der Waals surface area contributed by atoms with Crippen LogP contribution < -0.4 is 0 Å². The third-order valence-corrected chi connectivity index (χ3v) is 14.9. The van der Waals surface area contributed by atoms with Crippen LogP contribution in [0.1, 0.15) is 16.7 Å². The molecule has 0 saturated heterocycles. The minimum Gasteiger partial charge on any atom is -0.454 e. The number of para-hydroxylation sites is 7. The quantitative estimate of drug-likeness (QED) is 0.176. The predicted molar refractivity (Wildman–Crippen MR) is 286 cm³/mol. The number of alkyl halides is 3. The molecular weight excluding hydrogens is 914 g/mol. The Kier molecular flexibility index (Phi) is 8.25. The number of fused-ring (bicyclic) bond motifs is 16. The Labute approximate surface area is 411 Å². The molecule has 10 heteroatoms. The van der Waals surface area contributed by atoms with Crippen LogP contribution in [0.4, 0.5) is 13.2 Å². The monoisotopic (exact) mass is 946 g/mol. The minimum atomic E-state index is -4.67. The molecule has 0 atom stereocenters. The summed E-state index contributed by atoms with van der Waals surface area (Å²) < 4.78 is 59.9. The summed E-state index contributed by atoms with van der Waals surface area (Å²) in [5, 5.41) is 33.0. The smallest absolute Gasteiger partial charge is 0.416 e. The first kappa shape index (κ1) is 40.8. The Balaban J connectivity index is 1.29. The molecule has 0 bridgehead atoms. The number of hydrogen-bond donors (Lipinski definition) is 0. The summed E-state index contributed by atoms with van der Waals surface area (Å²) in [5.41, 5.74) is 7.68. The molecule has 0 aliphatic carbocycles. The number of halogens is 3. The standard InChI is InChI=1S/C63H33F3N6O/c64-63(65,66)36-29-32-55-46(33-36)44-30-31-45-43-21-7-14-28-56(43)73-62(45)61(44)72(55)60-48(35-68)58(70-51-24-10-3-17-39(51)40-18-4-11-25-52(40)70)57(69-49-22-8-1-15-37(49)38-16-2-9-23-50(38)69)47(34-67)59(60)71-53-26-12-5-19-41(53)42-20-6-13-27-54(42)71/h1-33H. The predicted octanol–water partition coefficient (Wildman–Crippen LogP) is 16.7. The van der Waals surface area contributed by atoms with E-state index in [4.69, 9.17) is 4.42 Å². The summed E-state index contributed by atoms with van der Waals surface area (Å²) in [6, 6.07) is 68.9. The molecule has 73 heavy (non-hydrogen) atoms. The van der Waals surface area contributed by atoms with Crippen molar-refractivity contribution in [2.24, 2.45) is 0 Å². The fourth-order valence-corrected chi connectivity index (χ4v) is 12.0. The van der Waals surface area contributed by atoms with Crippen molar-refractivity contribution < 1.29 is 17.6 Å². The van der Waals surface area contributed by atoms with E-state index in [0.717, 1.165) is 82.3 Å². The van der Waals surface area contributed by atoms with Gasteiger partial charge in [0.2, 0.25) is 0 Å². The Hall–Kier alpha value is -10.0. The van der Waals surface area contributed by atoms with Crippen molar-refractivity contribution in [1.82, 2.24) is 18.3 Å². The fourth-order valence-electron chi connectivity index (χ4n) is 12.0. The summed E-state index contributed by atoms with van der Waals surface area (Å²) in [7, 11) is 0. The molecule has 5 aromatic heterocycles. The lowest BCUT2D eigenvalue weighted by molar-refractivity contribution is -0.137. The summed E-state index contributed by atoms with van der Waals surface area (Å²) in [4.78, 5) is 0. The highest BCUT2D eigenvalue weighted by atomic mass is 19.4. The lowest BCUT2D eigenvalue weighted by atomic mass is 9.98. The van der Waals surface area contributed by atoms with Gasteiger partial charge in [-0.3, -0.25) is 0 Å². The van der Waals surface area contributed by atoms with Gasteiger partial charge in [0.1, 0.15) is 28.8 Å². The Morgan fingerprint density at radius 2 is 0.685 bits per heavy atom.